The number of aryl methyl sites for hydroxylation is 2. The number of benzene rings is 1. The highest BCUT2D eigenvalue weighted by Gasteiger charge is 2.05. The number of nitrogens with one attached hydrogen (secondary N) is 1. The number of aromatic amines is 1. The van der Waals surface area contributed by atoms with E-state index in [-0.39, 0.29) is 6.61 Å². The molecule has 0 aliphatic heterocycles. The number of aliphatic hydroxyl groups excluding tert-OH is 1. The van der Waals surface area contributed by atoms with Crippen molar-refractivity contribution >= 4 is 11.0 Å². The first kappa shape index (κ1) is 11.0. The van der Waals surface area contributed by atoms with E-state index in [1.165, 1.54) is 0 Å². The molecule has 2 heterocycles. The second kappa shape index (κ2) is 4.66. The fraction of sp³-hybridized carbons (Fsp3) is 0.214. The summed E-state index contributed by atoms with van der Waals surface area (Å²) in [5.41, 5.74) is 2.79. The summed E-state index contributed by atoms with van der Waals surface area (Å²) in [7, 11) is 0. The largest absolute Gasteiger partial charge is 0.469 e. The molecule has 0 radical (unpaired) electrons. The van der Waals surface area contributed by atoms with Gasteiger partial charge in [0.25, 0.3) is 0 Å². The lowest BCUT2D eigenvalue weighted by atomic mass is 10.2. The monoisotopic (exact) mass is 242 g/mol. The fourth-order valence-corrected chi connectivity index (χ4v) is 2.02. The number of fused-ring (bicyclic) bond motifs is 1. The van der Waals surface area contributed by atoms with Crippen LogP contribution in [0.3, 0.4) is 0 Å². The van der Waals surface area contributed by atoms with Gasteiger partial charge in [0.2, 0.25) is 0 Å². The molecule has 4 nitrogen and oxygen atoms in total. The molecule has 92 valence electrons. The maximum absolute atomic E-state index is 9.09. The van der Waals surface area contributed by atoms with Crippen LogP contribution < -0.4 is 0 Å². The van der Waals surface area contributed by atoms with Crippen molar-refractivity contribution in [2.75, 3.05) is 0 Å². The van der Waals surface area contributed by atoms with Gasteiger partial charge in [-0.25, -0.2) is 4.98 Å². The van der Waals surface area contributed by atoms with Crippen molar-refractivity contribution in [3.05, 3.63) is 53.7 Å². The molecule has 0 fully saturated rings. The van der Waals surface area contributed by atoms with Crippen LogP contribution in [0.1, 0.15) is 17.1 Å². The number of imidazole rings is 1. The molecule has 0 saturated carbocycles. The third-order valence-electron chi connectivity index (χ3n) is 2.97. The van der Waals surface area contributed by atoms with Crippen molar-refractivity contribution in [1.82, 2.24) is 9.97 Å². The number of hydrogen-bond donors (Lipinski definition) is 2. The molecule has 2 aromatic heterocycles. The summed E-state index contributed by atoms with van der Waals surface area (Å²) < 4.78 is 5.29. The van der Waals surface area contributed by atoms with E-state index in [2.05, 4.69) is 9.97 Å². The highest BCUT2D eigenvalue weighted by atomic mass is 16.3. The zero-order valence-corrected chi connectivity index (χ0v) is 9.89. The Balaban J connectivity index is 1.80. The molecule has 0 aliphatic rings. The summed E-state index contributed by atoms with van der Waals surface area (Å²) in [6.45, 7) is 0.0523. The molecule has 1 aromatic carbocycles. The molecule has 0 aliphatic carbocycles. The van der Waals surface area contributed by atoms with Gasteiger partial charge in [0.1, 0.15) is 11.6 Å². The van der Waals surface area contributed by atoms with Crippen LogP contribution in [0.2, 0.25) is 0 Å². The smallest absolute Gasteiger partial charge is 0.107 e. The molecule has 18 heavy (non-hydrogen) atoms. The Morgan fingerprint density at radius 1 is 1.22 bits per heavy atom. The van der Waals surface area contributed by atoms with Gasteiger partial charge in [-0.1, -0.05) is 6.07 Å². The zero-order valence-electron chi connectivity index (χ0n) is 9.89. The number of furan rings is 1. The average Bonchev–Trinajstić information content (AvgIpc) is 3.04. The van der Waals surface area contributed by atoms with E-state index in [0.717, 1.165) is 41.0 Å². The van der Waals surface area contributed by atoms with Crippen molar-refractivity contribution in [2.45, 2.75) is 19.4 Å². The van der Waals surface area contributed by atoms with Gasteiger partial charge in [0.05, 0.1) is 23.9 Å². The molecule has 4 heteroatoms. The number of aliphatic hydroxyl groups is 1. The predicted octanol–water partition coefficient (Wildman–Crippen LogP) is 2.43. The number of rotatable bonds is 4. The topological polar surface area (TPSA) is 62.1 Å². The summed E-state index contributed by atoms with van der Waals surface area (Å²) in [6.07, 6.45) is 3.33. The van der Waals surface area contributed by atoms with E-state index in [0.29, 0.717) is 0 Å². The van der Waals surface area contributed by atoms with Gasteiger partial charge in [0.15, 0.2) is 0 Å². The molecule has 0 unspecified atom stereocenters. The summed E-state index contributed by atoms with van der Waals surface area (Å²) in [6, 6.07) is 9.60. The number of H-pyrrole nitrogens is 1. The second-order valence-corrected chi connectivity index (χ2v) is 4.27. The highest BCUT2D eigenvalue weighted by molar-refractivity contribution is 5.75. The summed E-state index contributed by atoms with van der Waals surface area (Å²) in [5, 5.41) is 9.09. The molecule has 0 saturated heterocycles. The first-order chi connectivity index (χ1) is 8.85. The third kappa shape index (κ3) is 2.15. The Labute approximate surface area is 104 Å². The molecule has 0 bridgehead atoms. The first-order valence-electron chi connectivity index (χ1n) is 5.96. The summed E-state index contributed by atoms with van der Waals surface area (Å²) in [5.74, 6) is 1.91. The van der Waals surface area contributed by atoms with E-state index in [1.807, 2.05) is 30.3 Å². The molecule has 0 spiro atoms. The second-order valence-electron chi connectivity index (χ2n) is 4.27. The van der Waals surface area contributed by atoms with E-state index in [9.17, 15) is 0 Å². The lowest BCUT2D eigenvalue weighted by Crippen LogP contribution is -1.91. The van der Waals surface area contributed by atoms with Gasteiger partial charge in [-0.2, -0.15) is 0 Å². The Bertz CT molecular complexity index is 641. The van der Waals surface area contributed by atoms with Crippen molar-refractivity contribution in [3.63, 3.8) is 0 Å². The Hall–Kier alpha value is -2.07. The van der Waals surface area contributed by atoms with Crippen molar-refractivity contribution in [3.8, 4) is 0 Å². The highest BCUT2D eigenvalue weighted by Crippen LogP contribution is 2.15. The molecule has 3 aromatic rings. The van der Waals surface area contributed by atoms with Gasteiger partial charge < -0.3 is 14.5 Å². The average molecular weight is 242 g/mol. The lowest BCUT2D eigenvalue weighted by Gasteiger charge is -1.94. The van der Waals surface area contributed by atoms with Crippen LogP contribution in [0.4, 0.5) is 0 Å². The van der Waals surface area contributed by atoms with Gasteiger partial charge in [0, 0.05) is 12.8 Å². The molecule has 2 N–H and O–H groups in total. The Kier molecular flexibility index (Phi) is 2.86. The fourth-order valence-electron chi connectivity index (χ4n) is 2.02. The lowest BCUT2D eigenvalue weighted by molar-refractivity contribution is 0.282. The minimum absolute atomic E-state index is 0.0523. The van der Waals surface area contributed by atoms with Gasteiger partial charge in [-0.3, -0.25) is 0 Å². The van der Waals surface area contributed by atoms with Gasteiger partial charge in [-0.05, 0) is 29.8 Å². The van der Waals surface area contributed by atoms with Crippen molar-refractivity contribution in [1.29, 1.82) is 0 Å². The Morgan fingerprint density at radius 3 is 2.94 bits per heavy atom. The minimum atomic E-state index is 0.0523. The van der Waals surface area contributed by atoms with E-state index < -0.39 is 0 Å². The van der Waals surface area contributed by atoms with Crippen molar-refractivity contribution in [2.24, 2.45) is 0 Å². The maximum atomic E-state index is 9.09. The van der Waals surface area contributed by atoms with Gasteiger partial charge >= 0.3 is 0 Å². The zero-order chi connectivity index (χ0) is 12.4. The van der Waals surface area contributed by atoms with Crippen LogP contribution >= 0.6 is 0 Å². The number of aromatic nitrogens is 2. The first-order valence-corrected chi connectivity index (χ1v) is 5.96. The molecule has 0 amide bonds. The normalized spacial score (nSPS) is 11.2. The van der Waals surface area contributed by atoms with Crippen LogP contribution in [-0.2, 0) is 19.4 Å². The van der Waals surface area contributed by atoms with Crippen LogP contribution in [0.15, 0.2) is 41.0 Å². The summed E-state index contributed by atoms with van der Waals surface area (Å²) >= 11 is 0. The summed E-state index contributed by atoms with van der Waals surface area (Å²) in [4.78, 5) is 7.78. The van der Waals surface area contributed by atoms with Gasteiger partial charge in [-0.15, -0.1) is 0 Å². The van der Waals surface area contributed by atoms with Crippen molar-refractivity contribution < 1.29 is 9.52 Å². The van der Waals surface area contributed by atoms with Crippen LogP contribution in [0, 0.1) is 0 Å². The maximum Gasteiger partial charge on any atom is 0.107 e. The van der Waals surface area contributed by atoms with E-state index in [1.54, 1.807) is 6.26 Å². The predicted molar refractivity (Wildman–Crippen MR) is 68.1 cm³/mol. The molecule has 3 rings (SSSR count). The SMILES string of the molecule is OCc1ccc2nc(CCc3ccco3)[nH]c2c1. The standard InChI is InChI=1S/C14H14N2O2/c17-9-10-3-5-12-13(8-10)16-14(15-12)6-4-11-2-1-7-18-11/h1-3,5,7-8,17H,4,6,9H2,(H,15,16). The molecular weight excluding hydrogens is 228 g/mol. The Morgan fingerprint density at radius 2 is 2.17 bits per heavy atom. The van der Waals surface area contributed by atoms with Crippen LogP contribution in [0.25, 0.3) is 11.0 Å². The third-order valence-corrected chi connectivity index (χ3v) is 2.97. The van der Waals surface area contributed by atoms with E-state index >= 15 is 0 Å². The van der Waals surface area contributed by atoms with Crippen LogP contribution in [0.5, 0.6) is 0 Å². The molecule has 0 atom stereocenters. The quantitative estimate of drug-likeness (QED) is 0.738. The minimum Gasteiger partial charge on any atom is -0.469 e. The molecular formula is C14H14N2O2. The number of hydrogen-bond acceptors (Lipinski definition) is 3. The van der Waals surface area contributed by atoms with Crippen LogP contribution in [-0.4, -0.2) is 15.1 Å². The number of nitrogens with zero attached hydrogens (tertiary/aromatic N) is 1. The van der Waals surface area contributed by atoms with E-state index in [4.69, 9.17) is 9.52 Å².